The quantitative estimate of drug-likeness (QED) is 0.809. The van der Waals surface area contributed by atoms with Crippen molar-refractivity contribution in [3.8, 4) is 0 Å². The first-order valence-corrected chi connectivity index (χ1v) is 6.45. The van der Waals surface area contributed by atoms with Crippen LogP contribution in [0.4, 0.5) is 5.82 Å². The van der Waals surface area contributed by atoms with Crippen molar-refractivity contribution >= 4 is 11.7 Å². The minimum absolute atomic E-state index is 0.0186. The second kappa shape index (κ2) is 5.17. The van der Waals surface area contributed by atoms with Crippen LogP contribution >= 0.6 is 0 Å². The number of carbonyl (C=O) groups is 1. The Labute approximate surface area is 114 Å². The summed E-state index contributed by atoms with van der Waals surface area (Å²) in [7, 11) is 3.78. The number of carbonyl (C=O) groups excluding carboxylic acids is 1. The average Bonchev–Trinajstić information content (AvgIpc) is 2.37. The first-order valence-electron chi connectivity index (χ1n) is 6.45. The number of anilines is 1. The van der Waals surface area contributed by atoms with Crippen molar-refractivity contribution in [2.24, 2.45) is 0 Å². The first-order chi connectivity index (χ1) is 8.93. The van der Waals surface area contributed by atoms with Crippen LogP contribution in [0.1, 0.15) is 24.2 Å². The van der Waals surface area contributed by atoms with E-state index in [4.69, 9.17) is 4.74 Å². The second-order valence-corrected chi connectivity index (χ2v) is 5.59. The predicted octanol–water partition coefficient (Wildman–Crippen LogP) is 1.40. The molecular weight excluding hydrogens is 242 g/mol. The van der Waals surface area contributed by atoms with Gasteiger partial charge in [-0.05, 0) is 26.0 Å². The van der Waals surface area contributed by atoms with Gasteiger partial charge in [-0.25, -0.2) is 4.98 Å². The molecule has 5 heteroatoms. The van der Waals surface area contributed by atoms with Gasteiger partial charge in [0.25, 0.3) is 5.91 Å². The zero-order valence-electron chi connectivity index (χ0n) is 12.0. The molecule has 0 atom stereocenters. The topological polar surface area (TPSA) is 45.7 Å². The Hall–Kier alpha value is -1.62. The van der Waals surface area contributed by atoms with Crippen molar-refractivity contribution in [1.82, 2.24) is 9.88 Å². The number of morpholine rings is 1. The van der Waals surface area contributed by atoms with Gasteiger partial charge in [-0.2, -0.15) is 0 Å². The number of nitrogens with zero attached hydrogens (tertiary/aromatic N) is 3. The summed E-state index contributed by atoms with van der Waals surface area (Å²) in [4.78, 5) is 20.8. The average molecular weight is 263 g/mol. The van der Waals surface area contributed by atoms with Crippen molar-refractivity contribution in [2.45, 2.75) is 19.4 Å². The van der Waals surface area contributed by atoms with E-state index >= 15 is 0 Å². The first kappa shape index (κ1) is 13.8. The molecule has 2 rings (SSSR count). The van der Waals surface area contributed by atoms with E-state index in [0.717, 1.165) is 0 Å². The summed E-state index contributed by atoms with van der Waals surface area (Å²) >= 11 is 0. The molecule has 2 heterocycles. The lowest BCUT2D eigenvalue weighted by Crippen LogP contribution is -2.55. The van der Waals surface area contributed by atoms with Gasteiger partial charge in [-0.3, -0.25) is 4.79 Å². The Morgan fingerprint density at radius 2 is 2.21 bits per heavy atom. The van der Waals surface area contributed by atoms with Crippen LogP contribution in [-0.4, -0.2) is 55.2 Å². The van der Waals surface area contributed by atoms with Gasteiger partial charge in [-0.1, -0.05) is 0 Å². The van der Waals surface area contributed by atoms with Crippen LogP contribution in [0, 0.1) is 0 Å². The van der Waals surface area contributed by atoms with E-state index in [9.17, 15) is 4.79 Å². The Balaban J connectivity index is 2.34. The Bertz CT molecular complexity index is 472. The van der Waals surface area contributed by atoms with Gasteiger partial charge in [0.1, 0.15) is 5.82 Å². The molecule has 5 nitrogen and oxygen atoms in total. The van der Waals surface area contributed by atoms with Crippen LogP contribution in [0.5, 0.6) is 0 Å². The minimum atomic E-state index is -0.283. The summed E-state index contributed by atoms with van der Waals surface area (Å²) in [6.07, 6.45) is 1.70. The van der Waals surface area contributed by atoms with E-state index in [1.54, 1.807) is 12.3 Å². The smallest absolute Gasteiger partial charge is 0.258 e. The summed E-state index contributed by atoms with van der Waals surface area (Å²) in [5, 5.41) is 0. The third-order valence-corrected chi connectivity index (χ3v) is 3.33. The van der Waals surface area contributed by atoms with Crippen molar-refractivity contribution in [3.63, 3.8) is 0 Å². The van der Waals surface area contributed by atoms with E-state index in [1.165, 1.54) is 0 Å². The van der Waals surface area contributed by atoms with E-state index in [1.807, 2.05) is 43.8 Å². The third-order valence-electron chi connectivity index (χ3n) is 3.33. The number of hydrogen-bond acceptors (Lipinski definition) is 4. The molecule has 1 saturated heterocycles. The van der Waals surface area contributed by atoms with Gasteiger partial charge >= 0.3 is 0 Å². The van der Waals surface area contributed by atoms with Crippen LogP contribution in [0.3, 0.4) is 0 Å². The van der Waals surface area contributed by atoms with Gasteiger partial charge < -0.3 is 14.5 Å². The highest BCUT2D eigenvalue weighted by Crippen LogP contribution is 2.24. The van der Waals surface area contributed by atoms with Crippen molar-refractivity contribution < 1.29 is 9.53 Å². The zero-order chi connectivity index (χ0) is 14.0. The molecule has 104 valence electrons. The fourth-order valence-corrected chi connectivity index (χ4v) is 2.30. The highest BCUT2D eigenvalue weighted by Gasteiger charge is 2.35. The second-order valence-electron chi connectivity index (χ2n) is 5.59. The fourth-order valence-electron chi connectivity index (χ4n) is 2.30. The number of aromatic nitrogens is 1. The van der Waals surface area contributed by atoms with Crippen molar-refractivity contribution in [2.75, 3.05) is 38.8 Å². The Kier molecular flexibility index (Phi) is 3.75. The third kappa shape index (κ3) is 2.71. The van der Waals surface area contributed by atoms with Crippen LogP contribution in [0.2, 0.25) is 0 Å². The van der Waals surface area contributed by atoms with Crippen LogP contribution in [0.25, 0.3) is 0 Å². The number of pyridine rings is 1. The van der Waals surface area contributed by atoms with Crippen LogP contribution in [0.15, 0.2) is 18.3 Å². The van der Waals surface area contributed by atoms with E-state index in [-0.39, 0.29) is 11.4 Å². The predicted molar refractivity (Wildman–Crippen MR) is 74.5 cm³/mol. The Morgan fingerprint density at radius 3 is 2.84 bits per heavy atom. The van der Waals surface area contributed by atoms with E-state index in [2.05, 4.69) is 4.98 Å². The van der Waals surface area contributed by atoms with Gasteiger partial charge in [-0.15, -0.1) is 0 Å². The van der Waals surface area contributed by atoms with Gasteiger partial charge in [0.05, 0.1) is 24.3 Å². The van der Waals surface area contributed by atoms with Crippen LogP contribution < -0.4 is 4.90 Å². The summed E-state index contributed by atoms with van der Waals surface area (Å²) in [5.41, 5.74) is 0.358. The normalized spacial score (nSPS) is 18.2. The maximum absolute atomic E-state index is 12.7. The molecule has 0 spiro atoms. The van der Waals surface area contributed by atoms with E-state index < -0.39 is 0 Å². The standard InChI is InChI=1S/C14H21N3O2/c1-14(2)10-19-9-8-17(14)13(18)11-6-5-7-15-12(11)16(3)4/h5-7H,8-10H2,1-4H3. The van der Waals surface area contributed by atoms with E-state index in [0.29, 0.717) is 31.1 Å². The summed E-state index contributed by atoms with van der Waals surface area (Å²) in [5.74, 6) is 0.722. The molecular formula is C14H21N3O2. The lowest BCUT2D eigenvalue weighted by Gasteiger charge is -2.42. The number of rotatable bonds is 2. The molecule has 0 radical (unpaired) electrons. The fraction of sp³-hybridized carbons (Fsp3) is 0.571. The lowest BCUT2D eigenvalue weighted by molar-refractivity contribution is -0.0370. The molecule has 1 aliphatic rings. The summed E-state index contributed by atoms with van der Waals surface area (Å²) < 4.78 is 5.46. The molecule has 0 N–H and O–H groups in total. The largest absolute Gasteiger partial charge is 0.377 e. The number of hydrogen-bond donors (Lipinski definition) is 0. The highest BCUT2D eigenvalue weighted by atomic mass is 16.5. The molecule has 1 aliphatic heterocycles. The molecule has 0 unspecified atom stereocenters. The number of amides is 1. The SMILES string of the molecule is CN(C)c1ncccc1C(=O)N1CCOCC1(C)C. The zero-order valence-corrected chi connectivity index (χ0v) is 12.0. The van der Waals surface area contributed by atoms with Crippen molar-refractivity contribution in [3.05, 3.63) is 23.9 Å². The van der Waals surface area contributed by atoms with Gasteiger partial charge in [0.2, 0.25) is 0 Å². The van der Waals surface area contributed by atoms with Crippen LogP contribution in [-0.2, 0) is 4.74 Å². The molecule has 1 aromatic heterocycles. The molecule has 0 bridgehead atoms. The molecule has 19 heavy (non-hydrogen) atoms. The molecule has 0 aliphatic carbocycles. The highest BCUT2D eigenvalue weighted by molar-refractivity contribution is 5.99. The molecule has 1 aromatic rings. The summed E-state index contributed by atoms with van der Waals surface area (Å²) in [6.45, 7) is 5.82. The summed E-state index contributed by atoms with van der Waals surface area (Å²) in [6, 6.07) is 3.63. The molecule has 1 fully saturated rings. The maximum Gasteiger partial charge on any atom is 0.258 e. The monoisotopic (exact) mass is 263 g/mol. The minimum Gasteiger partial charge on any atom is -0.377 e. The van der Waals surface area contributed by atoms with Crippen molar-refractivity contribution in [1.29, 1.82) is 0 Å². The maximum atomic E-state index is 12.7. The van der Waals surface area contributed by atoms with Gasteiger partial charge in [0, 0.05) is 26.8 Å². The van der Waals surface area contributed by atoms with Gasteiger partial charge in [0.15, 0.2) is 0 Å². The lowest BCUT2D eigenvalue weighted by atomic mass is 10.0. The molecule has 0 aromatic carbocycles. The Morgan fingerprint density at radius 1 is 1.47 bits per heavy atom. The molecule has 1 amide bonds. The molecule has 0 saturated carbocycles. The number of ether oxygens (including phenoxy) is 1.